The van der Waals surface area contributed by atoms with Gasteiger partial charge < -0.3 is 15.0 Å². The molecule has 3 aromatic heterocycles. The highest BCUT2D eigenvalue weighted by Crippen LogP contribution is 2.35. The first kappa shape index (κ1) is 21.4. The zero-order valence-corrected chi connectivity index (χ0v) is 18.9. The summed E-state index contributed by atoms with van der Waals surface area (Å²) in [5, 5.41) is 21.3. The summed E-state index contributed by atoms with van der Waals surface area (Å²) in [6, 6.07) is 4.19. The maximum absolute atomic E-state index is 14.5. The Labute approximate surface area is 190 Å². The van der Waals surface area contributed by atoms with Gasteiger partial charge in [0, 0.05) is 49.2 Å². The Hall–Kier alpha value is -3.45. The summed E-state index contributed by atoms with van der Waals surface area (Å²) in [7, 11) is 1.58. The summed E-state index contributed by atoms with van der Waals surface area (Å²) >= 11 is 0. The monoisotopic (exact) mass is 451 g/mol. The lowest BCUT2D eigenvalue weighted by Crippen LogP contribution is -2.65. The van der Waals surface area contributed by atoms with Gasteiger partial charge in [-0.3, -0.25) is 9.48 Å². The molecule has 2 aliphatic heterocycles. The summed E-state index contributed by atoms with van der Waals surface area (Å²) < 4.78 is 23.8. The third-order valence-electron chi connectivity index (χ3n) is 6.82. The van der Waals surface area contributed by atoms with Gasteiger partial charge >= 0.3 is 0 Å². The first-order valence-electron chi connectivity index (χ1n) is 11.1. The number of aromatic nitrogens is 4. The fourth-order valence-corrected chi connectivity index (χ4v) is 4.99. The van der Waals surface area contributed by atoms with Crippen LogP contribution in [0.5, 0.6) is 5.75 Å². The van der Waals surface area contributed by atoms with Gasteiger partial charge in [-0.15, -0.1) is 0 Å². The Morgan fingerprint density at radius 3 is 2.67 bits per heavy atom. The van der Waals surface area contributed by atoms with Crippen LogP contribution in [0.15, 0.2) is 18.5 Å². The first-order valence-corrected chi connectivity index (χ1v) is 11.1. The van der Waals surface area contributed by atoms with Crippen molar-refractivity contribution in [3.63, 3.8) is 0 Å². The largest absolute Gasteiger partial charge is 0.494 e. The number of nitrogens with zero attached hydrogens (tertiary/aromatic N) is 6. The predicted octanol–water partition coefficient (Wildman–Crippen LogP) is 2.17. The molecule has 0 unspecified atom stereocenters. The zero-order chi connectivity index (χ0) is 23.3. The number of halogens is 1. The van der Waals surface area contributed by atoms with E-state index in [2.05, 4.69) is 16.5 Å². The van der Waals surface area contributed by atoms with Crippen molar-refractivity contribution in [1.82, 2.24) is 29.6 Å². The number of aryl methyl sites for hydroxylation is 1. The Morgan fingerprint density at radius 1 is 1.33 bits per heavy atom. The number of likely N-dealkylation sites (tertiary alicyclic amines) is 1. The lowest BCUT2D eigenvalue weighted by Gasteiger charge is -2.40. The quantitative estimate of drug-likeness (QED) is 0.653. The van der Waals surface area contributed by atoms with Crippen LogP contribution in [0.4, 0.5) is 4.39 Å². The van der Waals surface area contributed by atoms with Crippen molar-refractivity contribution in [3.8, 4) is 22.9 Å². The Balaban J connectivity index is 1.42. The number of carbonyl (C=O) groups is 1. The van der Waals surface area contributed by atoms with Crippen LogP contribution < -0.4 is 10.1 Å². The molecule has 3 aromatic rings. The van der Waals surface area contributed by atoms with E-state index in [9.17, 15) is 14.4 Å². The average Bonchev–Trinajstić information content (AvgIpc) is 3.36. The van der Waals surface area contributed by atoms with Crippen molar-refractivity contribution < 1.29 is 13.9 Å². The molecule has 5 rings (SSSR count). The molecule has 1 amide bonds. The molecule has 2 fully saturated rings. The number of methoxy groups -OCH3 is 1. The molecule has 10 heteroatoms. The molecule has 0 atom stereocenters. The first-order chi connectivity index (χ1) is 15.9. The van der Waals surface area contributed by atoms with Crippen LogP contribution in [-0.4, -0.2) is 69.2 Å². The Kier molecular flexibility index (Phi) is 5.09. The van der Waals surface area contributed by atoms with Crippen molar-refractivity contribution in [3.05, 3.63) is 35.4 Å². The maximum atomic E-state index is 14.5. The van der Waals surface area contributed by atoms with Crippen molar-refractivity contribution in [2.75, 3.05) is 33.3 Å². The van der Waals surface area contributed by atoms with E-state index in [4.69, 9.17) is 9.84 Å². The van der Waals surface area contributed by atoms with Gasteiger partial charge in [0.1, 0.15) is 22.9 Å². The molecule has 33 heavy (non-hydrogen) atoms. The fraction of sp³-hybridized carbons (Fsp3) is 0.478. The van der Waals surface area contributed by atoms with Crippen LogP contribution in [0.1, 0.15) is 35.8 Å². The molecule has 0 aromatic carbocycles. The number of fused-ring (bicyclic) bond motifs is 1. The molecule has 2 saturated heterocycles. The lowest BCUT2D eigenvalue weighted by atomic mass is 9.95. The van der Waals surface area contributed by atoms with E-state index in [0.29, 0.717) is 29.9 Å². The number of hydrogen-bond donors (Lipinski definition) is 1. The third-order valence-corrected chi connectivity index (χ3v) is 6.82. The highest BCUT2D eigenvalue weighted by Gasteiger charge is 2.47. The summed E-state index contributed by atoms with van der Waals surface area (Å²) in [6.07, 6.45) is 4.86. The summed E-state index contributed by atoms with van der Waals surface area (Å²) in [6.45, 7) is 5.25. The van der Waals surface area contributed by atoms with Crippen LogP contribution in [0.25, 0.3) is 16.6 Å². The molecule has 0 aliphatic carbocycles. The van der Waals surface area contributed by atoms with E-state index >= 15 is 0 Å². The van der Waals surface area contributed by atoms with Crippen molar-refractivity contribution in [1.29, 1.82) is 5.26 Å². The molecule has 172 valence electrons. The molecule has 0 saturated carbocycles. The summed E-state index contributed by atoms with van der Waals surface area (Å²) in [5.74, 6) is 0.177. The van der Waals surface area contributed by atoms with E-state index in [-0.39, 0.29) is 19.1 Å². The van der Waals surface area contributed by atoms with Gasteiger partial charge in [-0.1, -0.05) is 0 Å². The topological polar surface area (TPSA) is 100 Å². The van der Waals surface area contributed by atoms with Crippen LogP contribution in [0.2, 0.25) is 0 Å². The van der Waals surface area contributed by atoms with Crippen molar-refractivity contribution >= 4 is 11.4 Å². The van der Waals surface area contributed by atoms with Gasteiger partial charge in [0.2, 0.25) is 5.67 Å². The van der Waals surface area contributed by atoms with Gasteiger partial charge in [-0.25, -0.2) is 8.91 Å². The highest BCUT2D eigenvalue weighted by molar-refractivity contribution is 5.87. The van der Waals surface area contributed by atoms with Crippen LogP contribution in [0, 0.1) is 25.2 Å². The van der Waals surface area contributed by atoms with Crippen LogP contribution in [0.3, 0.4) is 0 Å². The number of piperidine rings is 1. The smallest absolute Gasteiger partial charge is 0.262 e. The number of carbonyl (C=O) groups excluding carboxylic acids is 1. The minimum absolute atomic E-state index is 0.104. The summed E-state index contributed by atoms with van der Waals surface area (Å²) in [5.41, 5.74) is 3.13. The lowest BCUT2D eigenvalue weighted by molar-refractivity contribution is -0.148. The standard InChI is InChI=1S/C23H26FN7O2/c1-14-20(16-8-19(33-3)21-17(9-25)10-27-30(21)11-16)15(2)31(28-14)18-4-6-29(7-5-18)22(32)23(24)12-26-13-23/h8,10-11,18,26H,4-7,12-13H2,1-3H3. The SMILES string of the molecule is COc1cc(-c2c(C)nn(C3CCN(C(=O)C4(F)CNC4)CC3)c2C)cn2ncc(C#N)c12. The molecule has 5 heterocycles. The van der Waals surface area contributed by atoms with Gasteiger partial charge in [0.15, 0.2) is 0 Å². The van der Waals surface area contributed by atoms with Gasteiger partial charge in [-0.2, -0.15) is 15.5 Å². The molecule has 0 radical (unpaired) electrons. The Bertz CT molecular complexity index is 1280. The average molecular weight is 452 g/mol. The van der Waals surface area contributed by atoms with E-state index in [1.807, 2.05) is 30.8 Å². The molecule has 9 nitrogen and oxygen atoms in total. The number of nitrogens with one attached hydrogen (secondary N) is 1. The van der Waals surface area contributed by atoms with Gasteiger partial charge in [0.05, 0.1) is 25.0 Å². The second-order valence-corrected chi connectivity index (χ2v) is 8.84. The normalized spacial score (nSPS) is 18.2. The second-order valence-electron chi connectivity index (χ2n) is 8.84. The number of rotatable bonds is 4. The number of alkyl halides is 1. The van der Waals surface area contributed by atoms with Gasteiger partial charge in [-0.05, 0) is 32.8 Å². The third kappa shape index (κ3) is 3.35. The molecular formula is C23H26FN7O2. The minimum atomic E-state index is -1.74. The molecule has 0 bridgehead atoms. The van der Waals surface area contributed by atoms with E-state index in [1.165, 1.54) is 6.20 Å². The fourth-order valence-electron chi connectivity index (χ4n) is 4.99. The number of pyridine rings is 1. The van der Waals surface area contributed by atoms with E-state index < -0.39 is 11.6 Å². The zero-order valence-electron chi connectivity index (χ0n) is 18.9. The number of hydrogen-bond acceptors (Lipinski definition) is 6. The number of nitriles is 1. The van der Waals surface area contributed by atoms with Crippen LogP contribution >= 0.6 is 0 Å². The maximum Gasteiger partial charge on any atom is 0.262 e. The second kappa shape index (κ2) is 7.85. The minimum Gasteiger partial charge on any atom is -0.494 e. The van der Waals surface area contributed by atoms with Crippen molar-refractivity contribution in [2.24, 2.45) is 0 Å². The molecule has 0 spiro atoms. The molecule has 2 aliphatic rings. The summed E-state index contributed by atoms with van der Waals surface area (Å²) in [4.78, 5) is 14.1. The highest BCUT2D eigenvalue weighted by atomic mass is 19.1. The molecular weight excluding hydrogens is 425 g/mol. The van der Waals surface area contributed by atoms with Gasteiger partial charge in [0.25, 0.3) is 5.91 Å². The number of ether oxygens (including phenoxy) is 1. The number of amides is 1. The molecule has 1 N–H and O–H groups in total. The Morgan fingerprint density at radius 2 is 2.06 bits per heavy atom. The predicted molar refractivity (Wildman–Crippen MR) is 119 cm³/mol. The van der Waals surface area contributed by atoms with Crippen molar-refractivity contribution in [2.45, 2.75) is 38.4 Å². The van der Waals surface area contributed by atoms with E-state index in [1.54, 1.807) is 16.5 Å². The van der Waals surface area contributed by atoms with E-state index in [0.717, 1.165) is 35.4 Å². The van der Waals surface area contributed by atoms with Crippen LogP contribution in [-0.2, 0) is 4.79 Å².